The maximum Gasteiger partial charge on any atom is 0.102 e. The van der Waals surface area contributed by atoms with Gasteiger partial charge in [-0.3, -0.25) is 4.67 Å². The topological polar surface area (TPSA) is 21.7 Å². The van der Waals surface area contributed by atoms with Gasteiger partial charge in [0.2, 0.25) is 0 Å². The van der Waals surface area contributed by atoms with Crippen molar-refractivity contribution in [2.45, 2.75) is 84.8 Å². The second-order valence-corrected chi connectivity index (χ2v) is 7.41. The van der Waals surface area contributed by atoms with E-state index in [-0.39, 0.29) is 12.2 Å². The van der Waals surface area contributed by atoms with Gasteiger partial charge in [-0.25, -0.2) is 0 Å². The largest absolute Gasteiger partial charge is 0.372 e. The summed E-state index contributed by atoms with van der Waals surface area (Å²) in [6.45, 7) is 15.5. The van der Waals surface area contributed by atoms with Crippen LogP contribution in [-0.4, -0.2) is 41.7 Å². The molecular weight excluding hydrogens is 245 g/mol. The van der Waals surface area contributed by atoms with E-state index in [9.17, 15) is 0 Å². The predicted octanol–water partition coefficient (Wildman–Crippen LogP) is 4.02. The third-order valence-corrected chi connectivity index (χ3v) is 5.61. The van der Waals surface area contributed by atoms with Gasteiger partial charge in [0.05, 0.1) is 18.3 Å². The molecule has 1 heterocycles. The molecule has 4 atom stereocenters. The van der Waals surface area contributed by atoms with Crippen molar-refractivity contribution in [2.24, 2.45) is 0 Å². The van der Waals surface area contributed by atoms with Gasteiger partial charge in [0.25, 0.3) is 0 Å². The molecule has 1 unspecified atom stereocenters. The van der Waals surface area contributed by atoms with Crippen LogP contribution in [0.15, 0.2) is 0 Å². The molecule has 0 aromatic heterocycles. The summed E-state index contributed by atoms with van der Waals surface area (Å²) in [6.07, 6.45) is 2.98. The van der Waals surface area contributed by atoms with Crippen LogP contribution in [0.2, 0.25) is 0 Å². The first-order chi connectivity index (χ1) is 8.36. The van der Waals surface area contributed by atoms with Gasteiger partial charge in [0.1, 0.15) is 8.30 Å². The summed E-state index contributed by atoms with van der Waals surface area (Å²) in [5, 5.41) is 0. The van der Waals surface area contributed by atoms with Crippen molar-refractivity contribution in [1.29, 1.82) is 0 Å². The first-order valence-electron chi connectivity index (χ1n) is 7.21. The normalized spacial score (nSPS) is 30.7. The Balaban J connectivity index is 2.59. The molecule has 0 N–H and O–H groups in total. The summed E-state index contributed by atoms with van der Waals surface area (Å²) >= 11 is 0. The highest BCUT2D eigenvalue weighted by atomic mass is 31.2. The molecule has 0 aromatic carbocycles. The molecule has 0 aromatic rings. The quantitative estimate of drug-likeness (QED) is 0.683. The molecule has 0 saturated carbocycles. The molecular formula is C14H30NO2P. The molecule has 18 heavy (non-hydrogen) atoms. The molecule has 108 valence electrons. The first kappa shape index (κ1) is 16.4. The highest BCUT2D eigenvalue weighted by Crippen LogP contribution is 2.45. The van der Waals surface area contributed by atoms with E-state index < -0.39 is 8.30 Å². The van der Waals surface area contributed by atoms with Crippen molar-refractivity contribution in [2.75, 3.05) is 6.66 Å². The number of nitrogens with zero attached hydrogens (tertiary/aromatic N) is 1. The van der Waals surface area contributed by atoms with Crippen LogP contribution in [0, 0.1) is 0 Å². The first-order valence-corrected chi connectivity index (χ1v) is 8.86. The standard InChI is InChI=1S/C14H30NO2P/c1-8-13-14(9-12(6)16-13)17-18(7)15(10(2)3)11(4)5/h10-14H,8-9H2,1-7H3/t12-,13-,14-,18?/m1/s1. The Bertz CT molecular complexity index is 240. The fourth-order valence-corrected chi connectivity index (χ4v) is 4.91. The van der Waals surface area contributed by atoms with Crippen molar-refractivity contribution in [1.82, 2.24) is 4.67 Å². The Morgan fingerprint density at radius 2 is 1.83 bits per heavy atom. The molecule has 1 fully saturated rings. The minimum absolute atomic E-state index is 0.279. The lowest BCUT2D eigenvalue weighted by Crippen LogP contribution is -2.34. The van der Waals surface area contributed by atoms with E-state index >= 15 is 0 Å². The predicted molar refractivity (Wildman–Crippen MR) is 79.1 cm³/mol. The Kier molecular flexibility index (Phi) is 6.54. The molecule has 1 rings (SSSR count). The fraction of sp³-hybridized carbons (Fsp3) is 1.00. The van der Waals surface area contributed by atoms with E-state index in [1.54, 1.807) is 0 Å². The Morgan fingerprint density at radius 1 is 1.28 bits per heavy atom. The molecule has 1 saturated heterocycles. The fourth-order valence-electron chi connectivity index (χ4n) is 2.89. The third-order valence-electron chi connectivity index (χ3n) is 3.46. The molecule has 1 aliphatic heterocycles. The van der Waals surface area contributed by atoms with Gasteiger partial charge in [-0.15, -0.1) is 0 Å². The van der Waals surface area contributed by atoms with Crippen LogP contribution in [0.1, 0.15) is 54.4 Å². The van der Waals surface area contributed by atoms with Gasteiger partial charge >= 0.3 is 0 Å². The number of hydrogen-bond acceptors (Lipinski definition) is 3. The van der Waals surface area contributed by atoms with Crippen LogP contribution in [0.3, 0.4) is 0 Å². The SMILES string of the molecule is CC[C@H]1O[C@H](C)C[C@H]1OP(C)N(C(C)C)C(C)C. The summed E-state index contributed by atoms with van der Waals surface area (Å²) in [4.78, 5) is 0. The van der Waals surface area contributed by atoms with Crippen LogP contribution in [0.4, 0.5) is 0 Å². The molecule has 0 bridgehead atoms. The van der Waals surface area contributed by atoms with Gasteiger partial charge in [-0.05, 0) is 47.7 Å². The average Bonchev–Trinajstić information content (AvgIpc) is 2.57. The monoisotopic (exact) mass is 275 g/mol. The van der Waals surface area contributed by atoms with Crippen molar-refractivity contribution in [3.63, 3.8) is 0 Å². The number of rotatable bonds is 6. The van der Waals surface area contributed by atoms with Gasteiger partial charge in [0.15, 0.2) is 0 Å². The zero-order chi connectivity index (χ0) is 13.9. The summed E-state index contributed by atoms with van der Waals surface area (Å²) in [7, 11) is -0.532. The van der Waals surface area contributed by atoms with Gasteiger partial charge in [-0.2, -0.15) is 0 Å². The lowest BCUT2D eigenvalue weighted by atomic mass is 10.1. The average molecular weight is 275 g/mol. The molecule has 4 heteroatoms. The van der Waals surface area contributed by atoms with Crippen molar-refractivity contribution >= 4 is 8.30 Å². The molecule has 0 spiro atoms. The lowest BCUT2D eigenvalue weighted by molar-refractivity contribution is 0.0221. The van der Waals surface area contributed by atoms with Crippen molar-refractivity contribution in [3.8, 4) is 0 Å². The highest BCUT2D eigenvalue weighted by molar-refractivity contribution is 7.49. The van der Waals surface area contributed by atoms with E-state index in [0.29, 0.717) is 18.2 Å². The van der Waals surface area contributed by atoms with Crippen LogP contribution >= 0.6 is 8.30 Å². The summed E-state index contributed by atoms with van der Waals surface area (Å²) in [6, 6.07) is 1.06. The maximum atomic E-state index is 6.34. The minimum Gasteiger partial charge on any atom is -0.372 e. The van der Waals surface area contributed by atoms with Crippen molar-refractivity contribution < 1.29 is 9.26 Å². The summed E-state index contributed by atoms with van der Waals surface area (Å²) in [5.74, 6) is 0. The smallest absolute Gasteiger partial charge is 0.102 e. The van der Waals surface area contributed by atoms with Crippen LogP contribution in [0.25, 0.3) is 0 Å². The van der Waals surface area contributed by atoms with E-state index in [2.05, 4.69) is 52.9 Å². The minimum atomic E-state index is -0.532. The van der Waals surface area contributed by atoms with Gasteiger partial charge < -0.3 is 9.26 Å². The zero-order valence-electron chi connectivity index (χ0n) is 13.0. The van der Waals surface area contributed by atoms with Crippen LogP contribution in [0.5, 0.6) is 0 Å². The number of ether oxygens (including phenoxy) is 1. The Morgan fingerprint density at radius 3 is 2.28 bits per heavy atom. The molecule has 0 amide bonds. The lowest BCUT2D eigenvalue weighted by Gasteiger charge is -2.37. The van der Waals surface area contributed by atoms with Crippen molar-refractivity contribution in [3.05, 3.63) is 0 Å². The molecule has 3 nitrogen and oxygen atoms in total. The maximum absolute atomic E-state index is 6.34. The Labute approximate surface area is 114 Å². The van der Waals surface area contributed by atoms with Crippen LogP contribution < -0.4 is 0 Å². The van der Waals surface area contributed by atoms with E-state index in [0.717, 1.165) is 12.8 Å². The van der Waals surface area contributed by atoms with E-state index in [4.69, 9.17) is 9.26 Å². The highest BCUT2D eigenvalue weighted by Gasteiger charge is 2.35. The summed E-state index contributed by atoms with van der Waals surface area (Å²) < 4.78 is 14.7. The van der Waals surface area contributed by atoms with E-state index in [1.165, 1.54) is 0 Å². The molecule has 1 aliphatic rings. The second-order valence-electron chi connectivity index (χ2n) is 5.80. The molecule has 0 radical (unpaired) electrons. The Hall–Kier alpha value is 0.310. The summed E-state index contributed by atoms with van der Waals surface area (Å²) in [5.41, 5.74) is 0. The molecule has 0 aliphatic carbocycles. The van der Waals surface area contributed by atoms with Gasteiger partial charge in [-0.1, -0.05) is 6.92 Å². The number of hydrogen-bond donors (Lipinski definition) is 0. The van der Waals surface area contributed by atoms with Crippen LogP contribution in [-0.2, 0) is 9.26 Å². The second kappa shape index (κ2) is 7.19. The van der Waals surface area contributed by atoms with E-state index in [1.807, 2.05) is 0 Å². The third kappa shape index (κ3) is 4.16. The zero-order valence-corrected chi connectivity index (χ0v) is 13.9. The van der Waals surface area contributed by atoms with Gasteiger partial charge in [0, 0.05) is 18.5 Å².